The van der Waals surface area contributed by atoms with E-state index in [-0.39, 0.29) is 5.41 Å². The van der Waals surface area contributed by atoms with Crippen molar-refractivity contribution in [2.45, 2.75) is 81.1 Å². The van der Waals surface area contributed by atoms with E-state index in [4.69, 9.17) is 0 Å². The molecule has 0 aromatic heterocycles. The Balaban J connectivity index is 4.84. The summed E-state index contributed by atoms with van der Waals surface area (Å²) in [7, 11) is 0. The van der Waals surface area contributed by atoms with Gasteiger partial charge in [-0.2, -0.15) is 0 Å². The number of rotatable bonds is 9. The van der Waals surface area contributed by atoms with Gasteiger partial charge in [0.15, 0.2) is 0 Å². The first kappa shape index (κ1) is 18.9. The van der Waals surface area contributed by atoms with Crippen molar-refractivity contribution >= 4 is 0 Å². The Bertz CT molecular complexity index is 221. The van der Waals surface area contributed by atoms with Crippen molar-refractivity contribution in [2.75, 3.05) is 0 Å². The van der Waals surface area contributed by atoms with E-state index >= 15 is 0 Å². The zero-order chi connectivity index (χ0) is 15.2. The zero-order valence-electron chi connectivity index (χ0n) is 14.9. The largest absolute Gasteiger partial charge is 0.103 e. The van der Waals surface area contributed by atoms with Gasteiger partial charge in [-0.15, -0.1) is 0 Å². The molecule has 0 bridgehead atoms. The van der Waals surface area contributed by atoms with Gasteiger partial charge in [-0.25, -0.2) is 0 Å². The Morgan fingerprint density at radius 3 is 1.84 bits per heavy atom. The third-order valence-electron chi connectivity index (χ3n) is 4.84. The standard InChI is InChI=1S/C19H39/c1-10-11-12-15(4)17(6)18(19(7,8)9)16(5)13-14(2)3/h14-18H,7,10-13H2,1-6,8-9H3/q+1. The van der Waals surface area contributed by atoms with Crippen LogP contribution in [0.25, 0.3) is 0 Å². The summed E-state index contributed by atoms with van der Waals surface area (Å²) in [5.41, 5.74) is 0.175. The molecule has 0 aliphatic heterocycles. The molecule has 4 atom stereocenters. The lowest BCUT2D eigenvalue weighted by atomic mass is 9.62. The molecular weight excluding hydrogens is 228 g/mol. The summed E-state index contributed by atoms with van der Waals surface area (Å²) < 4.78 is 0. The summed E-state index contributed by atoms with van der Waals surface area (Å²) in [5, 5.41) is 0. The maximum absolute atomic E-state index is 4.48. The molecule has 0 aromatic carbocycles. The van der Waals surface area contributed by atoms with Crippen LogP contribution in [0.3, 0.4) is 0 Å². The van der Waals surface area contributed by atoms with Crippen LogP contribution in [0.4, 0.5) is 0 Å². The first-order valence-corrected chi connectivity index (χ1v) is 8.46. The van der Waals surface area contributed by atoms with Crippen molar-refractivity contribution in [1.82, 2.24) is 0 Å². The average molecular weight is 268 g/mol. The molecule has 0 amide bonds. The summed E-state index contributed by atoms with van der Waals surface area (Å²) in [6.45, 7) is 23.5. The molecule has 4 unspecified atom stereocenters. The predicted octanol–water partition coefficient (Wildman–Crippen LogP) is 6.61. The van der Waals surface area contributed by atoms with E-state index in [0.29, 0.717) is 0 Å². The lowest BCUT2D eigenvalue weighted by Gasteiger charge is -2.39. The van der Waals surface area contributed by atoms with Gasteiger partial charge in [-0.3, -0.25) is 0 Å². The highest BCUT2D eigenvalue weighted by atomic mass is 14.4. The summed E-state index contributed by atoms with van der Waals surface area (Å²) in [4.78, 5) is 0. The monoisotopic (exact) mass is 267 g/mol. The predicted molar refractivity (Wildman–Crippen MR) is 89.1 cm³/mol. The summed E-state index contributed by atoms with van der Waals surface area (Å²) in [6.07, 6.45) is 5.39. The van der Waals surface area contributed by atoms with Crippen LogP contribution in [0.1, 0.15) is 81.1 Å². The molecule has 19 heavy (non-hydrogen) atoms. The van der Waals surface area contributed by atoms with Crippen LogP contribution < -0.4 is 0 Å². The van der Waals surface area contributed by atoms with Crippen molar-refractivity contribution in [2.24, 2.45) is 35.0 Å². The molecule has 0 aromatic rings. The zero-order valence-corrected chi connectivity index (χ0v) is 14.9. The van der Waals surface area contributed by atoms with Crippen LogP contribution in [0.5, 0.6) is 0 Å². The minimum absolute atomic E-state index is 0.175. The highest BCUT2D eigenvalue weighted by Gasteiger charge is 2.40. The lowest BCUT2D eigenvalue weighted by molar-refractivity contribution is 0.0790. The quantitative estimate of drug-likeness (QED) is 0.412. The average Bonchev–Trinajstić information content (AvgIpc) is 2.22. The third kappa shape index (κ3) is 6.72. The van der Waals surface area contributed by atoms with Gasteiger partial charge in [0, 0.05) is 5.92 Å². The van der Waals surface area contributed by atoms with Gasteiger partial charge in [0.25, 0.3) is 0 Å². The van der Waals surface area contributed by atoms with Crippen molar-refractivity contribution in [3.63, 3.8) is 0 Å². The van der Waals surface area contributed by atoms with Gasteiger partial charge in [0.05, 0.1) is 6.92 Å². The van der Waals surface area contributed by atoms with E-state index in [0.717, 1.165) is 29.6 Å². The topological polar surface area (TPSA) is 0 Å². The molecule has 114 valence electrons. The summed E-state index contributed by atoms with van der Waals surface area (Å²) in [6, 6.07) is 0. The molecule has 0 nitrogen and oxygen atoms in total. The van der Waals surface area contributed by atoms with E-state index < -0.39 is 0 Å². The number of hydrogen-bond acceptors (Lipinski definition) is 0. The molecule has 0 spiro atoms. The highest BCUT2D eigenvalue weighted by Crippen LogP contribution is 2.43. The van der Waals surface area contributed by atoms with E-state index in [9.17, 15) is 0 Å². The molecule has 0 rings (SSSR count). The normalized spacial score (nSPS) is 19.2. The Morgan fingerprint density at radius 1 is 0.947 bits per heavy atom. The minimum Gasteiger partial charge on any atom is -0.0654 e. The fourth-order valence-corrected chi connectivity index (χ4v) is 4.03. The first-order valence-electron chi connectivity index (χ1n) is 8.46. The SMILES string of the molecule is [CH2+]C(C)(C)C(C(C)CC(C)C)C(C)C(C)CCCC. The van der Waals surface area contributed by atoms with Crippen molar-refractivity contribution < 1.29 is 0 Å². The van der Waals surface area contributed by atoms with Gasteiger partial charge in [-0.05, 0) is 43.9 Å². The van der Waals surface area contributed by atoms with Crippen molar-refractivity contribution in [3.05, 3.63) is 6.92 Å². The Morgan fingerprint density at radius 2 is 1.47 bits per heavy atom. The number of unbranched alkanes of at least 4 members (excludes halogenated alkanes) is 1. The Kier molecular flexibility index (Phi) is 8.17. The van der Waals surface area contributed by atoms with E-state index in [1.807, 2.05) is 0 Å². The van der Waals surface area contributed by atoms with Crippen LogP contribution in [-0.4, -0.2) is 0 Å². The van der Waals surface area contributed by atoms with E-state index in [1.165, 1.54) is 25.7 Å². The summed E-state index contributed by atoms with van der Waals surface area (Å²) in [5.74, 6) is 3.87. The van der Waals surface area contributed by atoms with Crippen LogP contribution in [-0.2, 0) is 0 Å². The van der Waals surface area contributed by atoms with Crippen LogP contribution >= 0.6 is 0 Å². The maximum Gasteiger partial charge on any atom is 0.103 e. The van der Waals surface area contributed by atoms with Crippen LogP contribution in [0, 0.1) is 41.9 Å². The fourth-order valence-electron chi connectivity index (χ4n) is 4.03. The molecule has 0 fully saturated rings. The second-order valence-electron chi connectivity index (χ2n) is 8.10. The summed E-state index contributed by atoms with van der Waals surface area (Å²) >= 11 is 0. The Labute approximate surface area is 123 Å². The molecule has 0 aliphatic carbocycles. The molecule has 0 heteroatoms. The molecule has 0 N–H and O–H groups in total. The third-order valence-corrected chi connectivity index (χ3v) is 4.84. The van der Waals surface area contributed by atoms with E-state index in [2.05, 4.69) is 62.3 Å². The van der Waals surface area contributed by atoms with E-state index in [1.54, 1.807) is 0 Å². The fraction of sp³-hybridized carbons (Fsp3) is 0.947. The first-order chi connectivity index (χ1) is 8.61. The maximum atomic E-state index is 4.48. The van der Waals surface area contributed by atoms with Gasteiger partial charge in [0.1, 0.15) is 5.41 Å². The molecule has 0 saturated heterocycles. The second kappa shape index (κ2) is 8.22. The van der Waals surface area contributed by atoms with Gasteiger partial charge in [-0.1, -0.05) is 60.8 Å². The van der Waals surface area contributed by atoms with Crippen molar-refractivity contribution in [3.8, 4) is 0 Å². The van der Waals surface area contributed by atoms with Gasteiger partial charge >= 0.3 is 0 Å². The smallest absolute Gasteiger partial charge is 0.0654 e. The van der Waals surface area contributed by atoms with Crippen molar-refractivity contribution in [1.29, 1.82) is 0 Å². The minimum atomic E-state index is 0.175. The Hall–Kier alpha value is -0.130. The van der Waals surface area contributed by atoms with Gasteiger partial charge < -0.3 is 0 Å². The van der Waals surface area contributed by atoms with Gasteiger partial charge in [0.2, 0.25) is 0 Å². The molecule has 0 saturated carbocycles. The number of hydrogen-bond donors (Lipinski definition) is 0. The second-order valence-corrected chi connectivity index (χ2v) is 8.10. The molecule has 0 aliphatic rings. The highest BCUT2D eigenvalue weighted by molar-refractivity contribution is 4.89. The van der Waals surface area contributed by atoms with Crippen LogP contribution in [0.15, 0.2) is 0 Å². The molecular formula is C19H39+. The molecule has 0 radical (unpaired) electrons. The molecule has 0 heterocycles. The lowest BCUT2D eigenvalue weighted by Crippen LogP contribution is -2.36. The van der Waals surface area contributed by atoms with Crippen LogP contribution in [0.2, 0.25) is 0 Å².